The molecule has 1 heterocycles. The monoisotopic (exact) mass is 361 g/mol. The molecule has 1 atom stereocenters. The lowest BCUT2D eigenvalue weighted by atomic mass is 9.98. The van der Waals surface area contributed by atoms with E-state index < -0.39 is 5.91 Å². The molecule has 1 saturated heterocycles. The minimum absolute atomic E-state index is 0.0144. The van der Waals surface area contributed by atoms with Gasteiger partial charge in [0.15, 0.2) is 0 Å². The van der Waals surface area contributed by atoms with E-state index in [1.54, 1.807) is 31.2 Å². The average molecular weight is 362 g/mol. The van der Waals surface area contributed by atoms with Gasteiger partial charge in [0.25, 0.3) is 5.91 Å². The molecule has 132 valence electrons. The van der Waals surface area contributed by atoms with Gasteiger partial charge in [-0.3, -0.25) is 9.59 Å². The maximum Gasteiger partial charge on any atom is 0.310 e. The summed E-state index contributed by atoms with van der Waals surface area (Å²) in [5.74, 6) is -0.961. The molecule has 1 unspecified atom stereocenters. The van der Waals surface area contributed by atoms with Gasteiger partial charge in [-0.15, -0.1) is 0 Å². The van der Waals surface area contributed by atoms with Crippen LogP contribution in [0.4, 0.5) is 5.69 Å². The van der Waals surface area contributed by atoms with Crippen LogP contribution in [0.25, 0.3) is 0 Å². The number of ether oxygens (including phenoxy) is 1. The zero-order valence-corrected chi connectivity index (χ0v) is 14.8. The fourth-order valence-electron chi connectivity index (χ4n) is 2.63. The van der Waals surface area contributed by atoms with E-state index in [4.69, 9.17) is 16.3 Å². The number of hydrogen-bond donors (Lipinski definition) is 1. The highest BCUT2D eigenvalue weighted by Crippen LogP contribution is 2.19. The number of benzene rings is 1. The number of nitrogens with one attached hydrogen (secondary N) is 1. The number of carbonyl (C=O) groups is 2. The van der Waals surface area contributed by atoms with Gasteiger partial charge in [-0.05, 0) is 44.0 Å². The molecule has 0 aliphatic carbocycles. The Kier molecular flexibility index (Phi) is 6.84. The zero-order chi connectivity index (χ0) is 18.2. The third-order valence-corrected chi connectivity index (χ3v) is 4.10. The van der Waals surface area contributed by atoms with Gasteiger partial charge in [0, 0.05) is 30.0 Å². The topological polar surface area (TPSA) is 82.4 Å². The van der Waals surface area contributed by atoms with Gasteiger partial charge < -0.3 is 15.0 Å². The van der Waals surface area contributed by atoms with Crippen molar-refractivity contribution in [2.75, 3.05) is 25.0 Å². The first-order valence-corrected chi connectivity index (χ1v) is 8.50. The number of anilines is 1. The molecule has 1 aromatic rings. The Morgan fingerprint density at radius 2 is 2.16 bits per heavy atom. The Morgan fingerprint density at radius 1 is 1.44 bits per heavy atom. The summed E-state index contributed by atoms with van der Waals surface area (Å²) in [5, 5.41) is 12.5. The smallest absolute Gasteiger partial charge is 0.310 e. The van der Waals surface area contributed by atoms with Crippen molar-refractivity contribution >= 4 is 29.2 Å². The second-order valence-electron chi connectivity index (χ2n) is 5.70. The fraction of sp³-hybridized carbons (Fsp3) is 0.389. The first kappa shape index (κ1) is 18.8. The van der Waals surface area contributed by atoms with Crippen LogP contribution in [-0.2, 0) is 14.3 Å². The number of likely N-dealkylation sites (tertiary alicyclic amines) is 1. The lowest BCUT2D eigenvalue weighted by Gasteiger charge is -2.30. The summed E-state index contributed by atoms with van der Waals surface area (Å²) in [6.45, 7) is 3.25. The molecule has 1 fully saturated rings. The molecule has 0 aromatic heterocycles. The van der Waals surface area contributed by atoms with Gasteiger partial charge >= 0.3 is 5.97 Å². The summed E-state index contributed by atoms with van der Waals surface area (Å²) in [4.78, 5) is 26.0. The van der Waals surface area contributed by atoms with E-state index in [0.717, 1.165) is 12.8 Å². The molecular formula is C18H20ClN3O3. The van der Waals surface area contributed by atoms with E-state index >= 15 is 0 Å². The van der Waals surface area contributed by atoms with Crippen LogP contribution in [0.1, 0.15) is 19.8 Å². The minimum Gasteiger partial charge on any atom is -0.466 e. The third-order valence-electron chi connectivity index (χ3n) is 3.85. The molecule has 0 bridgehead atoms. The Morgan fingerprint density at radius 3 is 2.80 bits per heavy atom. The third kappa shape index (κ3) is 5.50. The van der Waals surface area contributed by atoms with Crippen molar-refractivity contribution < 1.29 is 14.3 Å². The summed E-state index contributed by atoms with van der Waals surface area (Å²) < 4.78 is 5.06. The quantitative estimate of drug-likeness (QED) is 0.495. The standard InChI is InChI=1S/C18H20ClN3O3/c1-2-25-18(24)13-4-3-9-22(11-13)12-14(10-20)17(23)21-16-7-5-15(19)6-8-16/h5-8,12-13H,2-4,9,11H2,1H3,(H,21,23)/b14-12-. The fourth-order valence-corrected chi connectivity index (χ4v) is 2.75. The molecule has 1 aliphatic heterocycles. The highest BCUT2D eigenvalue weighted by atomic mass is 35.5. The van der Waals surface area contributed by atoms with Gasteiger partial charge in [0.05, 0.1) is 12.5 Å². The Bertz CT molecular complexity index is 695. The van der Waals surface area contributed by atoms with Crippen molar-refractivity contribution in [3.8, 4) is 6.07 Å². The number of hydrogen-bond acceptors (Lipinski definition) is 5. The number of nitriles is 1. The number of halogens is 1. The van der Waals surface area contributed by atoms with Gasteiger partial charge in [0.1, 0.15) is 11.6 Å². The van der Waals surface area contributed by atoms with E-state index in [0.29, 0.717) is 30.4 Å². The van der Waals surface area contributed by atoms with Gasteiger partial charge in [-0.2, -0.15) is 5.26 Å². The number of amides is 1. The van der Waals surface area contributed by atoms with Crippen LogP contribution in [0.5, 0.6) is 0 Å². The summed E-state index contributed by atoms with van der Waals surface area (Å²) in [5.41, 5.74) is 0.540. The molecule has 0 radical (unpaired) electrons. The van der Waals surface area contributed by atoms with E-state index in [1.807, 2.05) is 11.0 Å². The first-order valence-electron chi connectivity index (χ1n) is 8.13. The van der Waals surface area contributed by atoms with E-state index in [9.17, 15) is 14.9 Å². The number of esters is 1. The maximum absolute atomic E-state index is 12.3. The highest BCUT2D eigenvalue weighted by Gasteiger charge is 2.26. The second kappa shape index (κ2) is 9.09. The van der Waals surface area contributed by atoms with Gasteiger partial charge in [0.2, 0.25) is 0 Å². The number of piperidine rings is 1. The molecule has 7 heteroatoms. The van der Waals surface area contributed by atoms with Crippen molar-refractivity contribution in [2.45, 2.75) is 19.8 Å². The lowest BCUT2D eigenvalue weighted by molar-refractivity contribution is -0.149. The van der Waals surface area contributed by atoms with Crippen molar-refractivity contribution in [1.29, 1.82) is 5.26 Å². The lowest BCUT2D eigenvalue weighted by Crippen LogP contribution is -2.37. The van der Waals surface area contributed by atoms with Crippen LogP contribution in [0.2, 0.25) is 5.02 Å². The summed E-state index contributed by atoms with van der Waals surface area (Å²) in [7, 11) is 0. The molecule has 2 rings (SSSR count). The van der Waals surface area contributed by atoms with Crippen LogP contribution in [0.15, 0.2) is 36.0 Å². The van der Waals surface area contributed by atoms with Crippen LogP contribution >= 0.6 is 11.6 Å². The van der Waals surface area contributed by atoms with E-state index in [-0.39, 0.29) is 17.5 Å². The van der Waals surface area contributed by atoms with Gasteiger partial charge in [-0.25, -0.2) is 0 Å². The van der Waals surface area contributed by atoms with Crippen LogP contribution in [0, 0.1) is 17.2 Å². The molecule has 0 saturated carbocycles. The normalized spacial score (nSPS) is 17.6. The van der Waals surface area contributed by atoms with E-state index in [2.05, 4.69) is 5.32 Å². The number of carbonyl (C=O) groups excluding carboxylic acids is 2. The Labute approximate surface area is 152 Å². The zero-order valence-electron chi connectivity index (χ0n) is 14.0. The predicted octanol–water partition coefficient (Wildman–Crippen LogP) is 2.96. The van der Waals surface area contributed by atoms with Crippen molar-refractivity contribution in [3.63, 3.8) is 0 Å². The summed E-state index contributed by atoms with van der Waals surface area (Å²) in [6, 6.07) is 8.54. The molecule has 1 aliphatic rings. The molecule has 25 heavy (non-hydrogen) atoms. The Hall–Kier alpha value is -2.52. The Balaban J connectivity index is 2.03. The first-order chi connectivity index (χ1) is 12.0. The molecule has 1 amide bonds. The van der Waals surface area contributed by atoms with Crippen LogP contribution in [-0.4, -0.2) is 36.5 Å². The van der Waals surface area contributed by atoms with Crippen molar-refractivity contribution in [1.82, 2.24) is 4.90 Å². The van der Waals surface area contributed by atoms with Crippen molar-refractivity contribution in [3.05, 3.63) is 41.1 Å². The molecule has 1 aromatic carbocycles. The molecule has 1 N–H and O–H groups in total. The molecule has 0 spiro atoms. The number of nitrogens with zero attached hydrogens (tertiary/aromatic N) is 2. The summed E-state index contributed by atoms with van der Waals surface area (Å²) in [6.07, 6.45) is 3.07. The molecule has 6 nitrogen and oxygen atoms in total. The average Bonchev–Trinajstić information content (AvgIpc) is 2.62. The minimum atomic E-state index is -0.497. The maximum atomic E-state index is 12.3. The van der Waals surface area contributed by atoms with Crippen LogP contribution < -0.4 is 5.32 Å². The largest absolute Gasteiger partial charge is 0.466 e. The SMILES string of the molecule is CCOC(=O)C1CCCN(/C=C(/C#N)C(=O)Nc2ccc(Cl)cc2)C1. The predicted molar refractivity (Wildman–Crippen MR) is 94.7 cm³/mol. The molecular weight excluding hydrogens is 342 g/mol. The number of rotatable bonds is 5. The summed E-state index contributed by atoms with van der Waals surface area (Å²) >= 11 is 5.81. The highest BCUT2D eigenvalue weighted by molar-refractivity contribution is 6.30. The van der Waals surface area contributed by atoms with E-state index in [1.165, 1.54) is 6.20 Å². The van der Waals surface area contributed by atoms with Gasteiger partial charge in [-0.1, -0.05) is 11.6 Å². The van der Waals surface area contributed by atoms with Crippen LogP contribution in [0.3, 0.4) is 0 Å². The second-order valence-corrected chi connectivity index (χ2v) is 6.14. The van der Waals surface area contributed by atoms with Crippen molar-refractivity contribution in [2.24, 2.45) is 5.92 Å².